The highest BCUT2D eigenvalue weighted by Crippen LogP contribution is 2.33. The molecule has 112 valence electrons. The van der Waals surface area contributed by atoms with Gasteiger partial charge in [0.25, 0.3) is 0 Å². The van der Waals surface area contributed by atoms with Crippen molar-refractivity contribution in [3.8, 4) is 0 Å². The summed E-state index contributed by atoms with van der Waals surface area (Å²) in [7, 11) is 0. The summed E-state index contributed by atoms with van der Waals surface area (Å²) < 4.78 is 2.10. The Morgan fingerprint density at radius 2 is 1.95 bits per heavy atom. The molecule has 2 aliphatic rings. The molecular formula is C16H28N4. The molecule has 2 atom stereocenters. The van der Waals surface area contributed by atoms with Crippen LogP contribution in [0.2, 0.25) is 0 Å². The summed E-state index contributed by atoms with van der Waals surface area (Å²) in [6.07, 6.45) is 11.1. The van der Waals surface area contributed by atoms with Crippen LogP contribution in [0.25, 0.3) is 0 Å². The largest absolute Gasteiger partial charge is 0.314 e. The molecule has 2 aliphatic carbocycles. The molecular weight excluding hydrogens is 248 g/mol. The van der Waals surface area contributed by atoms with Crippen molar-refractivity contribution < 1.29 is 0 Å². The topological polar surface area (TPSA) is 42.7 Å². The highest BCUT2D eigenvalue weighted by atomic mass is 15.3. The fourth-order valence-electron chi connectivity index (χ4n) is 3.51. The molecule has 4 heteroatoms. The van der Waals surface area contributed by atoms with Crippen molar-refractivity contribution in [2.45, 2.75) is 70.9 Å². The van der Waals surface area contributed by atoms with Crippen molar-refractivity contribution in [1.29, 1.82) is 0 Å². The Balaban J connectivity index is 1.61. The van der Waals surface area contributed by atoms with Crippen molar-refractivity contribution in [1.82, 2.24) is 20.1 Å². The number of hydrogen-bond acceptors (Lipinski definition) is 3. The van der Waals surface area contributed by atoms with Crippen LogP contribution in [0.15, 0.2) is 6.33 Å². The molecule has 1 N–H and O–H groups in total. The van der Waals surface area contributed by atoms with Gasteiger partial charge < -0.3 is 5.32 Å². The Bertz CT molecular complexity index is 422. The van der Waals surface area contributed by atoms with Gasteiger partial charge in [-0.1, -0.05) is 12.8 Å². The zero-order chi connectivity index (χ0) is 13.9. The average Bonchev–Trinajstić information content (AvgIpc) is 3.15. The molecule has 3 rings (SSSR count). The first-order valence-corrected chi connectivity index (χ1v) is 8.36. The Morgan fingerprint density at radius 3 is 2.65 bits per heavy atom. The van der Waals surface area contributed by atoms with Gasteiger partial charge in [0.1, 0.15) is 12.2 Å². The second-order valence-corrected chi connectivity index (χ2v) is 6.91. The summed E-state index contributed by atoms with van der Waals surface area (Å²) >= 11 is 0. The first kappa shape index (κ1) is 14.1. The lowest BCUT2D eigenvalue weighted by molar-refractivity contribution is 0.222. The third-order valence-corrected chi connectivity index (χ3v) is 4.89. The average molecular weight is 276 g/mol. The molecule has 0 radical (unpaired) electrons. The lowest BCUT2D eigenvalue weighted by atomic mass is 9.77. The van der Waals surface area contributed by atoms with Crippen LogP contribution in [0, 0.1) is 11.8 Å². The Hall–Kier alpha value is -0.900. The van der Waals surface area contributed by atoms with Gasteiger partial charge in [0, 0.05) is 18.5 Å². The van der Waals surface area contributed by atoms with Gasteiger partial charge >= 0.3 is 0 Å². The SMILES string of the molecule is CC(C)n1ncnc1CC1CCCCC1CNC1CC1. The van der Waals surface area contributed by atoms with Crippen LogP contribution in [0.5, 0.6) is 0 Å². The minimum atomic E-state index is 0.416. The zero-order valence-corrected chi connectivity index (χ0v) is 12.9. The fraction of sp³-hybridized carbons (Fsp3) is 0.875. The van der Waals surface area contributed by atoms with Gasteiger partial charge in [-0.2, -0.15) is 5.10 Å². The van der Waals surface area contributed by atoms with Crippen LogP contribution in [0.1, 0.15) is 64.2 Å². The Kier molecular flexibility index (Phi) is 4.39. The number of nitrogens with one attached hydrogen (secondary N) is 1. The van der Waals surface area contributed by atoms with E-state index in [9.17, 15) is 0 Å². The van der Waals surface area contributed by atoms with Crippen LogP contribution in [0.3, 0.4) is 0 Å². The van der Waals surface area contributed by atoms with E-state index in [4.69, 9.17) is 0 Å². The second kappa shape index (κ2) is 6.25. The molecule has 1 aromatic rings. The van der Waals surface area contributed by atoms with E-state index in [-0.39, 0.29) is 0 Å². The minimum Gasteiger partial charge on any atom is -0.314 e. The van der Waals surface area contributed by atoms with Crippen LogP contribution in [-0.4, -0.2) is 27.4 Å². The van der Waals surface area contributed by atoms with Crippen molar-refractivity contribution in [3.05, 3.63) is 12.2 Å². The van der Waals surface area contributed by atoms with E-state index in [0.29, 0.717) is 6.04 Å². The van der Waals surface area contributed by atoms with Crippen LogP contribution >= 0.6 is 0 Å². The number of aromatic nitrogens is 3. The number of hydrogen-bond donors (Lipinski definition) is 1. The summed E-state index contributed by atoms with van der Waals surface area (Å²) in [6, 6.07) is 1.25. The maximum Gasteiger partial charge on any atom is 0.138 e. The van der Waals surface area contributed by atoms with Crippen molar-refractivity contribution in [2.75, 3.05) is 6.54 Å². The van der Waals surface area contributed by atoms with E-state index < -0.39 is 0 Å². The first-order valence-electron chi connectivity index (χ1n) is 8.36. The van der Waals surface area contributed by atoms with E-state index in [0.717, 1.165) is 24.3 Å². The third-order valence-electron chi connectivity index (χ3n) is 4.89. The molecule has 0 aliphatic heterocycles. The molecule has 0 spiro atoms. The van der Waals surface area contributed by atoms with E-state index in [1.165, 1.54) is 50.9 Å². The van der Waals surface area contributed by atoms with Gasteiger partial charge in [-0.05, 0) is 57.9 Å². The molecule has 1 aromatic heterocycles. The van der Waals surface area contributed by atoms with E-state index in [2.05, 4.69) is 33.9 Å². The van der Waals surface area contributed by atoms with E-state index in [1.807, 2.05) is 0 Å². The first-order chi connectivity index (χ1) is 9.74. The Labute approximate surface area is 122 Å². The van der Waals surface area contributed by atoms with Crippen LogP contribution < -0.4 is 5.32 Å². The summed E-state index contributed by atoms with van der Waals surface area (Å²) in [5, 5.41) is 8.11. The quantitative estimate of drug-likeness (QED) is 0.868. The molecule has 1 heterocycles. The molecule has 0 aromatic carbocycles. The van der Waals surface area contributed by atoms with E-state index >= 15 is 0 Å². The molecule has 20 heavy (non-hydrogen) atoms. The maximum atomic E-state index is 4.51. The summed E-state index contributed by atoms with van der Waals surface area (Å²) in [5.74, 6) is 2.81. The van der Waals surface area contributed by atoms with Crippen LogP contribution in [0.4, 0.5) is 0 Å². The molecule has 0 saturated heterocycles. The smallest absolute Gasteiger partial charge is 0.138 e. The molecule has 0 amide bonds. The minimum absolute atomic E-state index is 0.416. The number of nitrogens with zero attached hydrogens (tertiary/aromatic N) is 3. The highest BCUT2D eigenvalue weighted by molar-refractivity contribution is 4.93. The van der Waals surface area contributed by atoms with Crippen molar-refractivity contribution in [2.24, 2.45) is 11.8 Å². The zero-order valence-electron chi connectivity index (χ0n) is 12.9. The highest BCUT2D eigenvalue weighted by Gasteiger charge is 2.29. The lowest BCUT2D eigenvalue weighted by Crippen LogP contribution is -2.33. The van der Waals surface area contributed by atoms with Crippen LogP contribution in [-0.2, 0) is 6.42 Å². The summed E-state index contributed by atoms with van der Waals surface area (Å²) in [5.41, 5.74) is 0. The van der Waals surface area contributed by atoms with Gasteiger partial charge in [0.2, 0.25) is 0 Å². The normalized spacial score (nSPS) is 27.1. The third kappa shape index (κ3) is 3.40. The Morgan fingerprint density at radius 1 is 1.20 bits per heavy atom. The maximum absolute atomic E-state index is 4.51. The summed E-state index contributed by atoms with van der Waals surface area (Å²) in [6.45, 7) is 5.58. The summed E-state index contributed by atoms with van der Waals surface area (Å²) in [4.78, 5) is 4.51. The van der Waals surface area contributed by atoms with Gasteiger partial charge in [-0.15, -0.1) is 0 Å². The number of rotatable bonds is 6. The standard InChI is InChI=1S/C16H28N4/c1-12(2)20-16(18-11-19-20)9-13-5-3-4-6-14(13)10-17-15-7-8-15/h11-15,17H,3-10H2,1-2H3. The second-order valence-electron chi connectivity index (χ2n) is 6.91. The van der Waals surface area contributed by atoms with Gasteiger partial charge in [-0.25, -0.2) is 9.67 Å². The predicted molar refractivity (Wildman–Crippen MR) is 80.6 cm³/mol. The molecule has 2 saturated carbocycles. The van der Waals surface area contributed by atoms with Gasteiger partial charge in [0.05, 0.1) is 0 Å². The molecule has 0 bridgehead atoms. The molecule has 2 fully saturated rings. The molecule has 2 unspecified atom stereocenters. The van der Waals surface area contributed by atoms with Gasteiger partial charge in [0.15, 0.2) is 0 Å². The molecule has 4 nitrogen and oxygen atoms in total. The van der Waals surface area contributed by atoms with E-state index in [1.54, 1.807) is 6.33 Å². The van der Waals surface area contributed by atoms with Crippen molar-refractivity contribution >= 4 is 0 Å². The van der Waals surface area contributed by atoms with Gasteiger partial charge in [-0.3, -0.25) is 0 Å². The predicted octanol–water partition coefficient (Wildman–Crippen LogP) is 2.96. The monoisotopic (exact) mass is 276 g/mol. The fourth-order valence-corrected chi connectivity index (χ4v) is 3.51. The lowest BCUT2D eigenvalue weighted by Gasteiger charge is -2.32. The van der Waals surface area contributed by atoms with Crippen molar-refractivity contribution in [3.63, 3.8) is 0 Å².